The number of anilines is 1. The largest absolute Gasteiger partial charge is 0.325 e. The van der Waals surface area contributed by atoms with Gasteiger partial charge >= 0.3 is 6.03 Å². The zero-order chi connectivity index (χ0) is 21.3. The number of amides is 2. The number of carbonyl (C=O) groups excluding carboxylic acids is 2. The van der Waals surface area contributed by atoms with Gasteiger partial charge in [-0.1, -0.05) is 12.1 Å². The zero-order valence-electron chi connectivity index (χ0n) is 16.9. The smallest absolute Gasteiger partial charge is 0.318 e. The summed E-state index contributed by atoms with van der Waals surface area (Å²) in [5.41, 5.74) is 2.74. The number of nitrogens with zero attached hydrogens (tertiary/aromatic N) is 3. The van der Waals surface area contributed by atoms with Crippen molar-refractivity contribution in [2.75, 3.05) is 18.0 Å². The molecule has 5 nitrogen and oxygen atoms in total. The topological polar surface area (TPSA) is 53.5 Å². The Kier molecular flexibility index (Phi) is 5.97. The van der Waals surface area contributed by atoms with Crippen molar-refractivity contribution in [2.24, 2.45) is 0 Å². The number of thiazole rings is 1. The van der Waals surface area contributed by atoms with Crippen molar-refractivity contribution in [1.82, 2.24) is 9.88 Å². The Labute approximate surface area is 182 Å². The molecule has 0 N–H and O–H groups in total. The summed E-state index contributed by atoms with van der Waals surface area (Å²) in [5, 5.41) is 3.80. The maximum atomic E-state index is 13.1. The van der Waals surface area contributed by atoms with Crippen LogP contribution in [0.5, 0.6) is 0 Å². The fraction of sp³-hybridized carbons (Fsp3) is 0.318. The summed E-state index contributed by atoms with van der Waals surface area (Å²) >= 11 is 2.97. The van der Waals surface area contributed by atoms with Crippen LogP contribution in [0.4, 0.5) is 14.2 Å². The summed E-state index contributed by atoms with van der Waals surface area (Å²) < 4.78 is 13.1. The van der Waals surface area contributed by atoms with Crippen LogP contribution in [0, 0.1) is 19.7 Å². The number of aryl methyl sites for hydroxylation is 3. The first kappa shape index (κ1) is 20.7. The van der Waals surface area contributed by atoms with E-state index in [-0.39, 0.29) is 17.6 Å². The van der Waals surface area contributed by atoms with Crippen molar-refractivity contribution in [3.05, 3.63) is 68.2 Å². The Bertz CT molecular complexity index is 1070. The van der Waals surface area contributed by atoms with Crippen LogP contribution >= 0.6 is 22.7 Å². The molecule has 1 saturated heterocycles. The summed E-state index contributed by atoms with van der Waals surface area (Å²) in [6, 6.07) is 8.03. The molecule has 3 aromatic rings. The van der Waals surface area contributed by atoms with Gasteiger partial charge in [-0.3, -0.25) is 9.69 Å². The SMILES string of the molecule is Cc1nc(CCC(=O)c2sc(N3CCN(Cc4ccc(F)cc4)C3=O)cc2C)cs1. The normalized spacial score (nSPS) is 14.0. The number of carbonyl (C=O) groups is 2. The molecule has 8 heteroatoms. The van der Waals surface area contributed by atoms with Crippen molar-refractivity contribution in [1.29, 1.82) is 0 Å². The molecule has 0 radical (unpaired) electrons. The Hall–Kier alpha value is -2.58. The Morgan fingerprint density at radius 3 is 2.67 bits per heavy atom. The molecule has 3 heterocycles. The second-order valence-electron chi connectivity index (χ2n) is 7.36. The molecule has 1 aliphatic heterocycles. The van der Waals surface area contributed by atoms with E-state index in [2.05, 4.69) is 4.98 Å². The van der Waals surface area contributed by atoms with Gasteiger partial charge in [-0.05, 0) is 49.6 Å². The van der Waals surface area contributed by atoms with Gasteiger partial charge in [0.15, 0.2) is 5.78 Å². The molecule has 156 valence electrons. The number of hydrogen-bond donors (Lipinski definition) is 0. The summed E-state index contributed by atoms with van der Waals surface area (Å²) in [6.07, 6.45) is 1.04. The maximum Gasteiger partial charge on any atom is 0.325 e. The monoisotopic (exact) mass is 443 g/mol. The number of halogens is 1. The van der Waals surface area contributed by atoms with Gasteiger partial charge in [0.1, 0.15) is 5.82 Å². The van der Waals surface area contributed by atoms with Gasteiger partial charge in [-0.25, -0.2) is 14.2 Å². The zero-order valence-corrected chi connectivity index (χ0v) is 18.5. The molecule has 2 amide bonds. The Morgan fingerprint density at radius 1 is 1.20 bits per heavy atom. The molecule has 0 aliphatic carbocycles. The second kappa shape index (κ2) is 8.65. The van der Waals surface area contributed by atoms with E-state index in [1.54, 1.807) is 33.3 Å². The molecule has 4 rings (SSSR count). The second-order valence-corrected chi connectivity index (χ2v) is 9.45. The van der Waals surface area contributed by atoms with Gasteiger partial charge in [-0.2, -0.15) is 0 Å². The predicted molar refractivity (Wildman–Crippen MR) is 118 cm³/mol. The standard InChI is InChI=1S/C22H22FN3O2S2/c1-14-11-20(30-21(14)19(27)8-7-18-13-29-15(2)24-18)26-10-9-25(22(26)28)12-16-3-5-17(23)6-4-16/h3-6,11,13H,7-10,12H2,1-2H3. The van der Waals surface area contributed by atoms with E-state index in [0.29, 0.717) is 37.4 Å². The minimum Gasteiger partial charge on any atom is -0.318 e. The number of aromatic nitrogens is 1. The van der Waals surface area contributed by atoms with E-state index in [4.69, 9.17) is 0 Å². The fourth-order valence-electron chi connectivity index (χ4n) is 3.50. The first-order valence-electron chi connectivity index (χ1n) is 9.76. The number of rotatable bonds is 7. The first-order chi connectivity index (χ1) is 14.4. The summed E-state index contributed by atoms with van der Waals surface area (Å²) in [6.45, 7) is 5.49. The molecule has 0 bridgehead atoms. The van der Waals surface area contributed by atoms with Crippen LogP contribution in [-0.2, 0) is 13.0 Å². The lowest BCUT2D eigenvalue weighted by Crippen LogP contribution is -2.30. The van der Waals surface area contributed by atoms with Crippen LogP contribution in [-0.4, -0.2) is 34.8 Å². The molecular weight excluding hydrogens is 421 g/mol. The van der Waals surface area contributed by atoms with Crippen LogP contribution in [0.3, 0.4) is 0 Å². The predicted octanol–water partition coefficient (Wildman–Crippen LogP) is 5.22. The molecule has 1 aromatic carbocycles. The average Bonchev–Trinajstić information content (AvgIpc) is 3.41. The number of urea groups is 1. The van der Waals surface area contributed by atoms with E-state index in [1.807, 2.05) is 25.3 Å². The average molecular weight is 444 g/mol. The van der Waals surface area contributed by atoms with Crippen molar-refractivity contribution in [2.45, 2.75) is 33.2 Å². The van der Waals surface area contributed by atoms with Crippen molar-refractivity contribution in [3.63, 3.8) is 0 Å². The molecule has 0 unspecified atom stereocenters. The van der Waals surface area contributed by atoms with E-state index < -0.39 is 0 Å². The number of hydrogen-bond acceptors (Lipinski definition) is 5. The number of benzene rings is 1. The van der Waals surface area contributed by atoms with Gasteiger partial charge in [-0.15, -0.1) is 22.7 Å². The van der Waals surface area contributed by atoms with Crippen LogP contribution in [0.25, 0.3) is 0 Å². The molecule has 30 heavy (non-hydrogen) atoms. The van der Waals surface area contributed by atoms with Crippen LogP contribution in [0.1, 0.15) is 37.9 Å². The highest BCUT2D eigenvalue weighted by Crippen LogP contribution is 2.33. The van der Waals surface area contributed by atoms with Gasteiger partial charge in [0.25, 0.3) is 0 Å². The molecule has 1 fully saturated rings. The lowest BCUT2D eigenvalue weighted by Gasteiger charge is -2.17. The third-order valence-electron chi connectivity index (χ3n) is 5.08. The highest BCUT2D eigenvalue weighted by atomic mass is 32.1. The lowest BCUT2D eigenvalue weighted by atomic mass is 10.1. The van der Waals surface area contributed by atoms with E-state index in [1.165, 1.54) is 23.5 Å². The molecule has 2 aromatic heterocycles. The maximum absolute atomic E-state index is 13.1. The van der Waals surface area contributed by atoms with Crippen LogP contribution < -0.4 is 4.90 Å². The fourth-order valence-corrected chi connectivity index (χ4v) is 5.30. The minimum absolute atomic E-state index is 0.0856. The lowest BCUT2D eigenvalue weighted by molar-refractivity contribution is 0.0986. The number of Topliss-reactive ketones (excluding diaryl/α,β-unsaturated/α-hetero) is 1. The number of ketones is 1. The molecule has 1 aliphatic rings. The Balaban J connectivity index is 1.41. The van der Waals surface area contributed by atoms with Gasteiger partial charge in [0, 0.05) is 31.4 Å². The molecule has 0 spiro atoms. The minimum atomic E-state index is -0.288. The number of thiophene rings is 1. The van der Waals surface area contributed by atoms with Gasteiger partial charge in [0.05, 0.1) is 20.6 Å². The molecule has 0 saturated carbocycles. The summed E-state index contributed by atoms with van der Waals surface area (Å²) in [5.74, 6) is -0.200. The van der Waals surface area contributed by atoms with Crippen molar-refractivity contribution < 1.29 is 14.0 Å². The first-order valence-corrected chi connectivity index (χ1v) is 11.5. The third kappa shape index (κ3) is 4.44. The van der Waals surface area contributed by atoms with E-state index in [9.17, 15) is 14.0 Å². The van der Waals surface area contributed by atoms with E-state index >= 15 is 0 Å². The quantitative estimate of drug-likeness (QED) is 0.471. The molecule has 0 atom stereocenters. The van der Waals surface area contributed by atoms with Gasteiger partial charge in [0.2, 0.25) is 0 Å². The third-order valence-corrected chi connectivity index (χ3v) is 7.20. The van der Waals surface area contributed by atoms with E-state index in [0.717, 1.165) is 26.8 Å². The highest BCUT2D eigenvalue weighted by molar-refractivity contribution is 7.18. The van der Waals surface area contributed by atoms with Crippen molar-refractivity contribution in [3.8, 4) is 0 Å². The van der Waals surface area contributed by atoms with Gasteiger partial charge < -0.3 is 4.90 Å². The molecular formula is C22H22FN3O2S2. The summed E-state index contributed by atoms with van der Waals surface area (Å²) in [4.78, 5) is 34.2. The Morgan fingerprint density at radius 2 is 1.97 bits per heavy atom. The van der Waals surface area contributed by atoms with Crippen molar-refractivity contribution >= 4 is 39.5 Å². The van der Waals surface area contributed by atoms with Crippen LogP contribution in [0.2, 0.25) is 0 Å². The van der Waals surface area contributed by atoms with Crippen LogP contribution in [0.15, 0.2) is 35.7 Å². The highest BCUT2D eigenvalue weighted by Gasteiger charge is 2.31. The summed E-state index contributed by atoms with van der Waals surface area (Å²) in [7, 11) is 0.